The van der Waals surface area contributed by atoms with Gasteiger partial charge in [-0.25, -0.2) is 0 Å². The monoisotopic (exact) mass is 251 g/mol. The minimum absolute atomic E-state index is 0.0703. The third kappa shape index (κ3) is 4.37. The molecule has 2 N–H and O–H groups in total. The number of para-hydroxylation sites is 1. The summed E-state index contributed by atoms with van der Waals surface area (Å²) >= 11 is 0. The number of ether oxygens (including phenoxy) is 2. The number of carbonyl (C=O) groups is 1. The van der Waals surface area contributed by atoms with E-state index < -0.39 is 6.04 Å². The molecule has 0 spiro atoms. The second kappa shape index (κ2) is 7.01. The van der Waals surface area contributed by atoms with E-state index in [1.165, 1.54) is 0 Å². The number of hydrogen-bond acceptors (Lipinski definition) is 4. The molecule has 0 saturated carbocycles. The fourth-order valence-corrected chi connectivity index (χ4v) is 1.66. The number of rotatable bonds is 6. The fourth-order valence-electron chi connectivity index (χ4n) is 1.66. The maximum absolute atomic E-state index is 11.4. The van der Waals surface area contributed by atoms with E-state index in [1.54, 1.807) is 6.92 Å². The zero-order valence-electron chi connectivity index (χ0n) is 11.2. The Morgan fingerprint density at radius 1 is 1.33 bits per heavy atom. The van der Waals surface area contributed by atoms with E-state index in [0.29, 0.717) is 6.61 Å². The topological polar surface area (TPSA) is 61.5 Å². The van der Waals surface area contributed by atoms with Crippen molar-refractivity contribution in [2.75, 3.05) is 6.61 Å². The van der Waals surface area contributed by atoms with Crippen molar-refractivity contribution < 1.29 is 14.3 Å². The molecule has 4 nitrogen and oxygen atoms in total. The van der Waals surface area contributed by atoms with Crippen LogP contribution in [0.15, 0.2) is 24.3 Å². The molecule has 1 aromatic rings. The number of nitrogens with two attached hydrogens (primary N) is 1. The molecule has 4 heteroatoms. The Morgan fingerprint density at radius 2 is 2.00 bits per heavy atom. The minimum Gasteiger partial charge on any atom is -0.491 e. The van der Waals surface area contributed by atoms with E-state index >= 15 is 0 Å². The smallest absolute Gasteiger partial charge is 0.307 e. The summed E-state index contributed by atoms with van der Waals surface area (Å²) in [6, 6.07) is 7.10. The zero-order valence-corrected chi connectivity index (χ0v) is 11.2. The zero-order chi connectivity index (χ0) is 13.5. The molecular weight excluding hydrogens is 230 g/mol. The van der Waals surface area contributed by atoms with Crippen molar-refractivity contribution in [1.29, 1.82) is 0 Å². The van der Waals surface area contributed by atoms with Crippen molar-refractivity contribution in [2.24, 2.45) is 5.73 Å². The van der Waals surface area contributed by atoms with Crippen LogP contribution in [0.1, 0.15) is 38.8 Å². The largest absolute Gasteiger partial charge is 0.491 e. The lowest BCUT2D eigenvalue weighted by Crippen LogP contribution is -2.19. The van der Waals surface area contributed by atoms with Crippen LogP contribution in [-0.4, -0.2) is 18.7 Å². The van der Waals surface area contributed by atoms with Gasteiger partial charge in [-0.2, -0.15) is 0 Å². The average molecular weight is 251 g/mol. The van der Waals surface area contributed by atoms with E-state index in [2.05, 4.69) is 0 Å². The van der Waals surface area contributed by atoms with E-state index in [-0.39, 0.29) is 18.5 Å². The molecule has 100 valence electrons. The third-order valence-corrected chi connectivity index (χ3v) is 2.37. The summed E-state index contributed by atoms with van der Waals surface area (Å²) < 4.78 is 10.6. The van der Waals surface area contributed by atoms with Gasteiger partial charge in [-0.1, -0.05) is 18.2 Å². The van der Waals surface area contributed by atoms with Crippen LogP contribution in [0.4, 0.5) is 0 Å². The molecule has 1 aromatic carbocycles. The number of benzene rings is 1. The first-order valence-corrected chi connectivity index (χ1v) is 6.21. The van der Waals surface area contributed by atoms with Gasteiger partial charge in [0.2, 0.25) is 0 Å². The molecular formula is C14H21NO3. The molecule has 1 rings (SSSR count). The highest BCUT2D eigenvalue weighted by Gasteiger charge is 2.16. The van der Waals surface area contributed by atoms with Gasteiger partial charge >= 0.3 is 5.97 Å². The first kappa shape index (κ1) is 14.5. The van der Waals surface area contributed by atoms with Gasteiger partial charge in [0.05, 0.1) is 19.1 Å². The summed E-state index contributed by atoms with van der Waals surface area (Å²) in [6.45, 7) is 6.05. The molecule has 0 fully saturated rings. The van der Waals surface area contributed by atoms with Crippen molar-refractivity contribution in [1.82, 2.24) is 0 Å². The van der Waals surface area contributed by atoms with Crippen LogP contribution < -0.4 is 10.5 Å². The summed E-state index contributed by atoms with van der Waals surface area (Å²) in [4.78, 5) is 11.4. The first-order valence-electron chi connectivity index (χ1n) is 6.21. The molecule has 0 saturated heterocycles. The molecule has 0 unspecified atom stereocenters. The Bertz CT molecular complexity index is 390. The van der Waals surface area contributed by atoms with Crippen molar-refractivity contribution in [3.05, 3.63) is 29.8 Å². The average Bonchev–Trinajstić information content (AvgIpc) is 2.28. The van der Waals surface area contributed by atoms with E-state index in [1.807, 2.05) is 38.1 Å². The Kier molecular flexibility index (Phi) is 5.65. The van der Waals surface area contributed by atoms with Gasteiger partial charge in [-0.05, 0) is 26.8 Å². The standard InChI is InChI=1S/C14H21NO3/c1-4-17-14(16)9-12(15)11-7-5-6-8-13(11)18-10(2)3/h5-8,10,12H,4,9,15H2,1-3H3/t12-/m1/s1. The summed E-state index contributed by atoms with van der Waals surface area (Å²) in [7, 11) is 0. The maximum Gasteiger partial charge on any atom is 0.307 e. The molecule has 1 atom stereocenters. The summed E-state index contributed by atoms with van der Waals surface area (Å²) in [5.41, 5.74) is 6.85. The van der Waals surface area contributed by atoms with Crippen LogP contribution in [0.5, 0.6) is 5.75 Å². The van der Waals surface area contributed by atoms with Crippen LogP contribution in [0.3, 0.4) is 0 Å². The van der Waals surface area contributed by atoms with Crippen LogP contribution in [0.25, 0.3) is 0 Å². The lowest BCUT2D eigenvalue weighted by atomic mass is 10.0. The predicted molar refractivity (Wildman–Crippen MR) is 70.4 cm³/mol. The highest BCUT2D eigenvalue weighted by molar-refractivity contribution is 5.70. The van der Waals surface area contributed by atoms with Gasteiger partial charge in [-0.3, -0.25) is 4.79 Å². The first-order chi connectivity index (χ1) is 8.54. The maximum atomic E-state index is 11.4. The number of hydrogen-bond donors (Lipinski definition) is 1. The number of carbonyl (C=O) groups excluding carboxylic acids is 1. The molecule has 0 bridgehead atoms. The Hall–Kier alpha value is -1.55. The molecule has 0 heterocycles. The molecule has 0 aromatic heterocycles. The van der Waals surface area contributed by atoms with Crippen molar-refractivity contribution in [2.45, 2.75) is 39.3 Å². The van der Waals surface area contributed by atoms with Gasteiger partial charge in [0, 0.05) is 11.6 Å². The molecule has 0 aliphatic carbocycles. The van der Waals surface area contributed by atoms with E-state index in [9.17, 15) is 4.79 Å². The van der Waals surface area contributed by atoms with Crippen LogP contribution in [0, 0.1) is 0 Å². The van der Waals surface area contributed by atoms with Crippen LogP contribution >= 0.6 is 0 Å². The lowest BCUT2D eigenvalue weighted by molar-refractivity contribution is -0.143. The van der Waals surface area contributed by atoms with Gasteiger partial charge < -0.3 is 15.2 Å². The van der Waals surface area contributed by atoms with Gasteiger partial charge in [0.15, 0.2) is 0 Å². The third-order valence-electron chi connectivity index (χ3n) is 2.37. The highest BCUT2D eigenvalue weighted by Crippen LogP contribution is 2.26. The predicted octanol–water partition coefficient (Wildman–Crippen LogP) is 2.43. The normalized spacial score (nSPS) is 12.3. The Balaban J connectivity index is 2.78. The lowest BCUT2D eigenvalue weighted by Gasteiger charge is -2.18. The summed E-state index contributed by atoms with van der Waals surface area (Å²) in [5, 5.41) is 0. The second-order valence-electron chi connectivity index (χ2n) is 4.32. The van der Waals surface area contributed by atoms with E-state index in [4.69, 9.17) is 15.2 Å². The molecule has 0 aliphatic rings. The van der Waals surface area contributed by atoms with Gasteiger partial charge in [0.25, 0.3) is 0 Å². The Labute approximate surface area is 108 Å². The molecule has 0 radical (unpaired) electrons. The van der Waals surface area contributed by atoms with Crippen LogP contribution in [0.2, 0.25) is 0 Å². The van der Waals surface area contributed by atoms with Gasteiger partial charge in [0.1, 0.15) is 5.75 Å². The summed E-state index contributed by atoms with van der Waals surface area (Å²) in [6.07, 6.45) is 0.229. The molecule has 18 heavy (non-hydrogen) atoms. The SMILES string of the molecule is CCOC(=O)C[C@@H](N)c1ccccc1OC(C)C. The number of esters is 1. The quantitative estimate of drug-likeness (QED) is 0.789. The van der Waals surface area contributed by atoms with Gasteiger partial charge in [-0.15, -0.1) is 0 Å². The fraction of sp³-hybridized carbons (Fsp3) is 0.500. The van der Waals surface area contributed by atoms with Crippen molar-refractivity contribution in [3.8, 4) is 5.75 Å². The molecule has 0 aliphatic heterocycles. The Morgan fingerprint density at radius 3 is 2.61 bits per heavy atom. The van der Waals surface area contributed by atoms with E-state index in [0.717, 1.165) is 11.3 Å². The second-order valence-corrected chi connectivity index (χ2v) is 4.32. The molecule has 0 amide bonds. The highest BCUT2D eigenvalue weighted by atomic mass is 16.5. The van der Waals surface area contributed by atoms with Crippen molar-refractivity contribution >= 4 is 5.97 Å². The van der Waals surface area contributed by atoms with Crippen LogP contribution in [-0.2, 0) is 9.53 Å². The minimum atomic E-state index is -0.404. The van der Waals surface area contributed by atoms with Crippen molar-refractivity contribution in [3.63, 3.8) is 0 Å². The summed E-state index contributed by atoms with van der Waals surface area (Å²) in [5.74, 6) is 0.439.